The van der Waals surface area contributed by atoms with Gasteiger partial charge in [0, 0.05) is 6.04 Å². The van der Waals surface area contributed by atoms with Gasteiger partial charge in [-0.3, -0.25) is 10.1 Å². The molecule has 0 aromatic heterocycles. The van der Waals surface area contributed by atoms with Crippen molar-refractivity contribution >= 4 is 5.91 Å². The Labute approximate surface area is 101 Å². The Morgan fingerprint density at radius 3 is 2.71 bits per heavy atom. The number of aryl methyl sites for hydroxylation is 1. The highest BCUT2D eigenvalue weighted by molar-refractivity contribution is 5.81. The lowest BCUT2D eigenvalue weighted by Gasteiger charge is -2.16. The Kier molecular flexibility index (Phi) is 3.33. The fraction of sp³-hybridized carbons (Fsp3) is 0.462. The van der Waals surface area contributed by atoms with Crippen molar-refractivity contribution in [2.24, 2.45) is 5.73 Å². The van der Waals surface area contributed by atoms with Crippen molar-refractivity contribution in [2.75, 3.05) is 7.11 Å². The number of carbonyl (C=O) groups is 1. The van der Waals surface area contributed by atoms with Crippen LogP contribution in [0.1, 0.15) is 30.0 Å². The summed E-state index contributed by atoms with van der Waals surface area (Å²) in [6.07, 6.45) is 2.25. The average Bonchev–Trinajstić information content (AvgIpc) is 3.09. The number of hydrogen-bond acceptors (Lipinski definition) is 3. The van der Waals surface area contributed by atoms with Gasteiger partial charge in [-0.2, -0.15) is 0 Å². The lowest BCUT2D eigenvalue weighted by atomic mass is 10.0. The van der Waals surface area contributed by atoms with Gasteiger partial charge in [-0.1, -0.05) is 12.1 Å². The van der Waals surface area contributed by atoms with Crippen LogP contribution in [-0.2, 0) is 4.79 Å². The standard InChI is InChI=1S/C13H18N2O2/c1-8-7-9(3-6-11(8)17-2)12(13(14)16)15-10-4-5-10/h3,6-7,10,12,15H,4-5H2,1-2H3,(H2,14,16). The summed E-state index contributed by atoms with van der Waals surface area (Å²) < 4.78 is 5.20. The fourth-order valence-electron chi connectivity index (χ4n) is 1.91. The normalized spacial score (nSPS) is 16.6. The molecule has 1 amide bonds. The van der Waals surface area contributed by atoms with E-state index in [9.17, 15) is 4.79 Å². The van der Waals surface area contributed by atoms with Gasteiger partial charge in [-0.15, -0.1) is 0 Å². The minimum Gasteiger partial charge on any atom is -0.496 e. The van der Waals surface area contributed by atoms with Crippen LogP contribution in [0.2, 0.25) is 0 Å². The van der Waals surface area contributed by atoms with Gasteiger partial charge in [0.25, 0.3) is 0 Å². The Morgan fingerprint density at radius 2 is 2.24 bits per heavy atom. The zero-order chi connectivity index (χ0) is 12.4. The first-order valence-electron chi connectivity index (χ1n) is 5.81. The van der Waals surface area contributed by atoms with Crippen LogP contribution in [0.15, 0.2) is 18.2 Å². The molecule has 0 radical (unpaired) electrons. The Morgan fingerprint density at radius 1 is 1.53 bits per heavy atom. The van der Waals surface area contributed by atoms with Gasteiger partial charge in [0.15, 0.2) is 0 Å². The number of ether oxygens (including phenoxy) is 1. The summed E-state index contributed by atoms with van der Waals surface area (Å²) >= 11 is 0. The van der Waals surface area contributed by atoms with E-state index in [2.05, 4.69) is 5.32 Å². The first-order chi connectivity index (χ1) is 8.11. The van der Waals surface area contributed by atoms with Gasteiger partial charge < -0.3 is 10.5 Å². The molecule has 1 unspecified atom stereocenters. The molecule has 1 aromatic carbocycles. The third-order valence-electron chi connectivity index (χ3n) is 3.02. The Bertz CT molecular complexity index is 427. The zero-order valence-corrected chi connectivity index (χ0v) is 10.2. The van der Waals surface area contributed by atoms with Crippen LogP contribution in [0.3, 0.4) is 0 Å². The van der Waals surface area contributed by atoms with Gasteiger partial charge in [0.2, 0.25) is 5.91 Å². The SMILES string of the molecule is COc1ccc(C(NC2CC2)C(N)=O)cc1C. The average molecular weight is 234 g/mol. The topological polar surface area (TPSA) is 64.3 Å². The van der Waals surface area contributed by atoms with Gasteiger partial charge in [-0.05, 0) is 37.0 Å². The summed E-state index contributed by atoms with van der Waals surface area (Å²) in [4.78, 5) is 11.5. The highest BCUT2D eigenvalue weighted by Crippen LogP contribution is 2.26. The summed E-state index contributed by atoms with van der Waals surface area (Å²) in [6, 6.07) is 5.75. The monoisotopic (exact) mass is 234 g/mol. The summed E-state index contributed by atoms with van der Waals surface area (Å²) in [5.74, 6) is 0.491. The lowest BCUT2D eigenvalue weighted by molar-refractivity contribution is -0.120. The minimum atomic E-state index is -0.396. The molecule has 0 heterocycles. The number of amides is 1. The number of benzene rings is 1. The Balaban J connectivity index is 2.22. The minimum absolute atomic E-state index is 0.332. The van der Waals surface area contributed by atoms with Crippen molar-refractivity contribution in [3.63, 3.8) is 0 Å². The number of nitrogens with two attached hydrogens (primary N) is 1. The van der Waals surface area contributed by atoms with Crippen LogP contribution in [0.4, 0.5) is 0 Å². The molecule has 2 rings (SSSR count). The number of primary amides is 1. The first kappa shape index (κ1) is 11.9. The van der Waals surface area contributed by atoms with Crippen LogP contribution < -0.4 is 15.8 Å². The van der Waals surface area contributed by atoms with E-state index in [0.717, 1.165) is 29.7 Å². The van der Waals surface area contributed by atoms with Crippen LogP contribution >= 0.6 is 0 Å². The summed E-state index contributed by atoms with van der Waals surface area (Å²) in [5, 5.41) is 3.26. The molecule has 1 aliphatic rings. The van der Waals surface area contributed by atoms with E-state index in [1.165, 1.54) is 0 Å². The van der Waals surface area contributed by atoms with Gasteiger partial charge in [0.05, 0.1) is 7.11 Å². The maximum atomic E-state index is 11.5. The number of rotatable bonds is 5. The second-order valence-corrected chi connectivity index (χ2v) is 4.51. The van der Waals surface area contributed by atoms with Crippen molar-refractivity contribution in [1.29, 1.82) is 0 Å². The molecule has 0 aliphatic heterocycles. The summed E-state index contributed by atoms with van der Waals surface area (Å²) in [7, 11) is 1.63. The summed E-state index contributed by atoms with van der Waals surface area (Å²) in [6.45, 7) is 1.96. The van der Waals surface area contributed by atoms with Crippen LogP contribution in [-0.4, -0.2) is 19.1 Å². The number of nitrogens with one attached hydrogen (secondary N) is 1. The molecule has 1 fully saturated rings. The van der Waals surface area contributed by atoms with E-state index >= 15 is 0 Å². The largest absolute Gasteiger partial charge is 0.496 e. The third-order valence-corrected chi connectivity index (χ3v) is 3.02. The molecule has 17 heavy (non-hydrogen) atoms. The van der Waals surface area contributed by atoms with Gasteiger partial charge in [0.1, 0.15) is 11.8 Å². The first-order valence-corrected chi connectivity index (χ1v) is 5.81. The molecule has 1 aromatic rings. The number of carbonyl (C=O) groups excluding carboxylic acids is 1. The van der Waals surface area contributed by atoms with E-state index in [4.69, 9.17) is 10.5 Å². The van der Waals surface area contributed by atoms with Crippen LogP contribution in [0.5, 0.6) is 5.75 Å². The van der Waals surface area contributed by atoms with Crippen LogP contribution in [0.25, 0.3) is 0 Å². The van der Waals surface area contributed by atoms with Crippen molar-refractivity contribution in [3.8, 4) is 5.75 Å². The predicted octanol–water partition coefficient (Wildman–Crippen LogP) is 1.28. The molecule has 0 bridgehead atoms. The van der Waals surface area contributed by atoms with Crippen molar-refractivity contribution in [2.45, 2.75) is 31.8 Å². The Hall–Kier alpha value is -1.55. The third kappa shape index (κ3) is 2.77. The molecule has 3 N–H and O–H groups in total. The van der Waals surface area contributed by atoms with Crippen molar-refractivity contribution in [3.05, 3.63) is 29.3 Å². The van der Waals surface area contributed by atoms with Crippen LogP contribution in [0, 0.1) is 6.92 Å². The van der Waals surface area contributed by atoms with E-state index in [1.54, 1.807) is 7.11 Å². The predicted molar refractivity (Wildman–Crippen MR) is 65.8 cm³/mol. The number of hydrogen-bond donors (Lipinski definition) is 2. The second-order valence-electron chi connectivity index (χ2n) is 4.51. The van der Waals surface area contributed by atoms with E-state index in [0.29, 0.717) is 6.04 Å². The molecule has 0 saturated heterocycles. The van der Waals surface area contributed by atoms with Gasteiger partial charge >= 0.3 is 0 Å². The van der Waals surface area contributed by atoms with E-state index < -0.39 is 6.04 Å². The van der Waals surface area contributed by atoms with E-state index in [-0.39, 0.29) is 5.91 Å². The maximum absolute atomic E-state index is 11.5. The quantitative estimate of drug-likeness (QED) is 0.806. The molecular weight excluding hydrogens is 216 g/mol. The number of methoxy groups -OCH3 is 1. The molecule has 1 atom stereocenters. The summed E-state index contributed by atoms with van der Waals surface area (Å²) in [5.41, 5.74) is 7.35. The molecule has 4 nitrogen and oxygen atoms in total. The van der Waals surface area contributed by atoms with Crippen molar-refractivity contribution in [1.82, 2.24) is 5.32 Å². The van der Waals surface area contributed by atoms with Crippen molar-refractivity contribution < 1.29 is 9.53 Å². The molecule has 4 heteroatoms. The highest BCUT2D eigenvalue weighted by Gasteiger charge is 2.28. The smallest absolute Gasteiger partial charge is 0.239 e. The fourth-order valence-corrected chi connectivity index (χ4v) is 1.91. The molecule has 1 saturated carbocycles. The maximum Gasteiger partial charge on any atom is 0.239 e. The van der Waals surface area contributed by atoms with E-state index in [1.807, 2.05) is 25.1 Å². The zero-order valence-electron chi connectivity index (χ0n) is 10.2. The molecule has 0 spiro atoms. The second kappa shape index (κ2) is 4.75. The lowest BCUT2D eigenvalue weighted by Crippen LogP contribution is -2.34. The molecule has 92 valence electrons. The molecular formula is C13H18N2O2. The highest BCUT2D eigenvalue weighted by atomic mass is 16.5. The van der Waals surface area contributed by atoms with Gasteiger partial charge in [-0.25, -0.2) is 0 Å². The molecule has 1 aliphatic carbocycles.